The summed E-state index contributed by atoms with van der Waals surface area (Å²) in [6, 6.07) is 10.6. The molecule has 0 saturated heterocycles. The van der Waals surface area contributed by atoms with Crippen LogP contribution in [0.15, 0.2) is 39.8 Å². The Balaban J connectivity index is 1.91. The van der Waals surface area contributed by atoms with E-state index in [0.29, 0.717) is 17.7 Å². The number of hydrogen-bond donors (Lipinski definition) is 1. The quantitative estimate of drug-likeness (QED) is 0.657. The number of guanidine groups is 1. The van der Waals surface area contributed by atoms with Gasteiger partial charge < -0.3 is 15.2 Å². The van der Waals surface area contributed by atoms with Crippen molar-refractivity contribution in [2.75, 3.05) is 14.1 Å². The summed E-state index contributed by atoms with van der Waals surface area (Å²) < 4.78 is 5.31. The third kappa shape index (κ3) is 5.43. The zero-order valence-electron chi connectivity index (χ0n) is 14.4. The highest BCUT2D eigenvalue weighted by Crippen LogP contribution is 2.16. The first-order valence-corrected chi connectivity index (χ1v) is 7.99. The van der Waals surface area contributed by atoms with Crippen LogP contribution in [0.5, 0.6) is 0 Å². The lowest BCUT2D eigenvalue weighted by Gasteiger charge is -2.08. The van der Waals surface area contributed by atoms with Gasteiger partial charge in [0.2, 0.25) is 0 Å². The van der Waals surface area contributed by atoms with Crippen molar-refractivity contribution >= 4 is 11.8 Å². The van der Waals surface area contributed by atoms with Crippen LogP contribution in [0.1, 0.15) is 30.7 Å². The Morgan fingerprint density at radius 1 is 1.17 bits per heavy atom. The van der Waals surface area contributed by atoms with E-state index >= 15 is 0 Å². The van der Waals surface area contributed by atoms with Crippen LogP contribution in [0.4, 0.5) is 5.82 Å². The highest BCUT2D eigenvalue weighted by Gasteiger charge is 2.06. The van der Waals surface area contributed by atoms with Crippen molar-refractivity contribution in [2.24, 2.45) is 16.6 Å². The molecule has 0 unspecified atom stereocenters. The molecule has 0 aliphatic heterocycles. The van der Waals surface area contributed by atoms with Gasteiger partial charge in [0.25, 0.3) is 0 Å². The highest BCUT2D eigenvalue weighted by molar-refractivity contribution is 5.79. The molecule has 0 atom stereocenters. The van der Waals surface area contributed by atoms with Crippen molar-refractivity contribution in [3.8, 4) is 0 Å². The van der Waals surface area contributed by atoms with Gasteiger partial charge in [0.05, 0.1) is 0 Å². The van der Waals surface area contributed by atoms with Gasteiger partial charge in [-0.25, -0.2) is 0 Å². The summed E-state index contributed by atoms with van der Waals surface area (Å²) in [7, 11) is 3.67. The van der Waals surface area contributed by atoms with Crippen molar-refractivity contribution in [3.05, 3.63) is 47.2 Å². The molecule has 0 fully saturated rings. The molecule has 1 aromatic heterocycles. The average Bonchev–Trinajstić information content (AvgIpc) is 2.93. The van der Waals surface area contributed by atoms with E-state index in [0.717, 1.165) is 25.0 Å². The molecule has 0 radical (unpaired) electrons. The van der Waals surface area contributed by atoms with Gasteiger partial charge in [0.1, 0.15) is 5.76 Å². The maximum absolute atomic E-state index is 5.77. The summed E-state index contributed by atoms with van der Waals surface area (Å²) in [5, 5.41) is 3.93. The predicted octanol–water partition coefficient (Wildman–Crippen LogP) is 3.17. The minimum absolute atomic E-state index is 0.408. The maximum atomic E-state index is 5.77. The fourth-order valence-electron chi connectivity index (χ4n) is 2.27. The van der Waals surface area contributed by atoms with Crippen molar-refractivity contribution in [1.82, 2.24) is 10.1 Å². The molecule has 0 bridgehead atoms. The van der Waals surface area contributed by atoms with Crippen LogP contribution in [0.2, 0.25) is 0 Å². The average molecular weight is 314 g/mol. The molecule has 0 spiro atoms. The lowest BCUT2D eigenvalue weighted by Crippen LogP contribution is -2.29. The van der Waals surface area contributed by atoms with Crippen molar-refractivity contribution in [2.45, 2.75) is 33.1 Å². The van der Waals surface area contributed by atoms with Gasteiger partial charge in [-0.3, -0.25) is 0 Å². The third-order valence-electron chi connectivity index (χ3n) is 3.56. The van der Waals surface area contributed by atoms with E-state index in [1.165, 1.54) is 11.1 Å². The minimum Gasteiger partial charge on any atom is -0.369 e. The largest absolute Gasteiger partial charge is 0.369 e. The molecule has 5 heteroatoms. The molecule has 2 rings (SSSR count). The van der Waals surface area contributed by atoms with E-state index in [-0.39, 0.29) is 0 Å². The van der Waals surface area contributed by atoms with Crippen LogP contribution in [0.25, 0.3) is 0 Å². The molecule has 0 aliphatic rings. The normalized spacial score (nSPS) is 12.0. The SMILES string of the molecule is CC(C)Cc1ccc(CCc2cc(N=C(N)N(C)C)no2)cc1. The zero-order valence-corrected chi connectivity index (χ0v) is 14.4. The van der Waals surface area contributed by atoms with E-state index < -0.39 is 0 Å². The van der Waals surface area contributed by atoms with Crippen LogP contribution in [0, 0.1) is 5.92 Å². The number of nitrogens with two attached hydrogens (primary N) is 1. The van der Waals surface area contributed by atoms with Crippen LogP contribution >= 0.6 is 0 Å². The second-order valence-electron chi connectivity index (χ2n) is 6.43. The van der Waals surface area contributed by atoms with Gasteiger partial charge in [-0.1, -0.05) is 43.3 Å². The van der Waals surface area contributed by atoms with Crippen molar-refractivity contribution < 1.29 is 4.52 Å². The summed E-state index contributed by atoms with van der Waals surface area (Å²) >= 11 is 0. The highest BCUT2D eigenvalue weighted by atomic mass is 16.5. The fourth-order valence-corrected chi connectivity index (χ4v) is 2.27. The molecule has 0 aliphatic carbocycles. The first-order valence-electron chi connectivity index (χ1n) is 7.99. The number of aromatic nitrogens is 1. The minimum atomic E-state index is 0.408. The van der Waals surface area contributed by atoms with Gasteiger partial charge >= 0.3 is 0 Å². The van der Waals surface area contributed by atoms with E-state index in [9.17, 15) is 0 Å². The van der Waals surface area contributed by atoms with Gasteiger partial charge in [0, 0.05) is 26.6 Å². The second kappa shape index (κ2) is 7.81. The predicted molar refractivity (Wildman–Crippen MR) is 93.9 cm³/mol. The van der Waals surface area contributed by atoms with Gasteiger partial charge in [-0.05, 0) is 29.9 Å². The van der Waals surface area contributed by atoms with E-state index in [1.807, 2.05) is 20.2 Å². The zero-order chi connectivity index (χ0) is 16.8. The van der Waals surface area contributed by atoms with Crippen LogP contribution in [0.3, 0.4) is 0 Å². The topological polar surface area (TPSA) is 67.7 Å². The summed E-state index contributed by atoms with van der Waals surface area (Å²) in [5.74, 6) is 2.43. The molecule has 5 nitrogen and oxygen atoms in total. The number of rotatable bonds is 6. The lowest BCUT2D eigenvalue weighted by atomic mass is 10.0. The Kier molecular flexibility index (Phi) is 5.79. The Morgan fingerprint density at radius 3 is 2.43 bits per heavy atom. The molecule has 0 saturated carbocycles. The third-order valence-corrected chi connectivity index (χ3v) is 3.56. The fraction of sp³-hybridized carbons (Fsp3) is 0.444. The number of hydrogen-bond acceptors (Lipinski definition) is 3. The van der Waals surface area contributed by atoms with Crippen LogP contribution < -0.4 is 5.73 Å². The Bertz CT molecular complexity index is 641. The van der Waals surface area contributed by atoms with Gasteiger partial charge in [-0.2, -0.15) is 4.99 Å². The molecule has 2 N–H and O–H groups in total. The molecular weight excluding hydrogens is 288 g/mol. The molecule has 2 aromatic rings. The summed E-state index contributed by atoms with van der Waals surface area (Å²) in [4.78, 5) is 5.92. The molecule has 0 amide bonds. The van der Waals surface area contributed by atoms with Gasteiger partial charge in [-0.15, -0.1) is 0 Å². The summed E-state index contributed by atoms with van der Waals surface area (Å²) in [6.07, 6.45) is 2.84. The number of nitrogens with zero attached hydrogens (tertiary/aromatic N) is 3. The molecule has 124 valence electrons. The Hall–Kier alpha value is -2.30. The Morgan fingerprint density at radius 2 is 1.83 bits per heavy atom. The first kappa shape index (κ1) is 17.1. The van der Waals surface area contributed by atoms with Crippen molar-refractivity contribution in [3.63, 3.8) is 0 Å². The van der Waals surface area contributed by atoms with Crippen molar-refractivity contribution in [1.29, 1.82) is 0 Å². The van der Waals surface area contributed by atoms with E-state index in [2.05, 4.69) is 48.3 Å². The Labute approximate surface area is 138 Å². The molecule has 23 heavy (non-hydrogen) atoms. The van der Waals surface area contributed by atoms with E-state index in [1.54, 1.807) is 4.90 Å². The maximum Gasteiger partial charge on any atom is 0.198 e. The summed E-state index contributed by atoms with van der Waals surface area (Å²) in [5.41, 5.74) is 8.45. The van der Waals surface area contributed by atoms with Gasteiger partial charge in [0.15, 0.2) is 11.8 Å². The smallest absolute Gasteiger partial charge is 0.198 e. The number of benzene rings is 1. The first-order chi connectivity index (χ1) is 10.9. The van der Waals surface area contributed by atoms with Crippen LogP contribution in [-0.2, 0) is 19.3 Å². The van der Waals surface area contributed by atoms with Crippen LogP contribution in [-0.4, -0.2) is 30.1 Å². The molecule has 1 heterocycles. The van der Waals surface area contributed by atoms with E-state index in [4.69, 9.17) is 10.3 Å². The standard InChI is InChI=1S/C18H26N4O/c1-13(2)11-15-7-5-14(6-8-15)9-10-16-12-17(21-23-16)20-18(19)22(3)4/h5-8,12-13H,9-11H2,1-4H3,(H2,19,20,21). The molecule has 1 aromatic carbocycles. The lowest BCUT2D eigenvalue weighted by molar-refractivity contribution is 0.385. The summed E-state index contributed by atoms with van der Waals surface area (Å²) in [6.45, 7) is 4.47. The molecular formula is C18H26N4O. The number of aryl methyl sites for hydroxylation is 2. The monoisotopic (exact) mass is 314 g/mol. The number of aliphatic imine (C=N–C) groups is 1. The second-order valence-corrected chi connectivity index (χ2v) is 6.43.